The van der Waals surface area contributed by atoms with Gasteiger partial charge in [0.25, 0.3) is 5.91 Å². The molecule has 0 heterocycles. The number of alkyl halides is 3. The molecule has 3 N–H and O–H groups in total. The van der Waals surface area contributed by atoms with E-state index in [1.165, 1.54) is 18.2 Å². The number of halogens is 4. The third kappa shape index (κ3) is 4.78. The summed E-state index contributed by atoms with van der Waals surface area (Å²) in [5.74, 6) is -1.73. The molecule has 2 amide bonds. The molecule has 0 unspecified atom stereocenters. The number of carbonyl (C=O) groups excluding carboxylic acids is 2. The van der Waals surface area contributed by atoms with Gasteiger partial charge in [-0.05, 0) is 12.1 Å². The van der Waals surface area contributed by atoms with Crippen LogP contribution in [-0.4, -0.2) is 18.0 Å². The standard InChI is InChI=1S/C11H10ClF3N2O2/c12-7-3-1-2-6(10(16)19)9(7)17-8(18)4-5-11(13,14)15/h1-3H,4-5H2,(H2,16,19)(H,17,18). The average molecular weight is 295 g/mol. The second-order valence-electron chi connectivity index (χ2n) is 3.69. The molecule has 1 aromatic rings. The SMILES string of the molecule is NC(=O)c1cccc(Cl)c1NC(=O)CCC(F)(F)F. The lowest BCUT2D eigenvalue weighted by Gasteiger charge is -2.11. The van der Waals surface area contributed by atoms with Crippen LogP contribution in [0.15, 0.2) is 18.2 Å². The molecule has 1 rings (SSSR count). The molecular weight excluding hydrogens is 285 g/mol. The molecule has 104 valence electrons. The quantitative estimate of drug-likeness (QED) is 0.896. The van der Waals surface area contributed by atoms with Crippen LogP contribution in [-0.2, 0) is 4.79 Å². The van der Waals surface area contributed by atoms with Gasteiger partial charge in [0.2, 0.25) is 5.91 Å². The van der Waals surface area contributed by atoms with Gasteiger partial charge in [-0.3, -0.25) is 9.59 Å². The maximum Gasteiger partial charge on any atom is 0.389 e. The predicted octanol–water partition coefficient (Wildman–Crippen LogP) is 2.72. The molecule has 0 aliphatic rings. The molecule has 4 nitrogen and oxygen atoms in total. The molecule has 0 aliphatic heterocycles. The summed E-state index contributed by atoms with van der Waals surface area (Å²) in [6.07, 6.45) is -6.44. The fourth-order valence-electron chi connectivity index (χ4n) is 1.31. The van der Waals surface area contributed by atoms with Gasteiger partial charge in [0.1, 0.15) is 0 Å². The topological polar surface area (TPSA) is 72.2 Å². The Morgan fingerprint density at radius 2 is 1.95 bits per heavy atom. The molecule has 8 heteroatoms. The van der Waals surface area contributed by atoms with Gasteiger partial charge in [0, 0.05) is 6.42 Å². The maximum atomic E-state index is 12.0. The summed E-state index contributed by atoms with van der Waals surface area (Å²) >= 11 is 5.76. The lowest BCUT2D eigenvalue weighted by molar-refractivity contribution is -0.142. The maximum absolute atomic E-state index is 12.0. The summed E-state index contributed by atoms with van der Waals surface area (Å²) in [6, 6.07) is 4.13. The van der Waals surface area contributed by atoms with Crippen molar-refractivity contribution in [2.45, 2.75) is 19.0 Å². The van der Waals surface area contributed by atoms with Gasteiger partial charge in [-0.2, -0.15) is 13.2 Å². The van der Waals surface area contributed by atoms with E-state index in [4.69, 9.17) is 17.3 Å². The number of primary amides is 1. The first-order valence-corrected chi connectivity index (χ1v) is 5.53. The van der Waals surface area contributed by atoms with Crippen molar-refractivity contribution in [2.24, 2.45) is 5.73 Å². The van der Waals surface area contributed by atoms with Crippen molar-refractivity contribution in [3.63, 3.8) is 0 Å². The largest absolute Gasteiger partial charge is 0.389 e. The van der Waals surface area contributed by atoms with E-state index in [0.717, 1.165) is 0 Å². The Bertz CT molecular complexity index is 503. The summed E-state index contributed by atoms with van der Waals surface area (Å²) in [7, 11) is 0. The molecule has 0 saturated heterocycles. The first kappa shape index (κ1) is 15.3. The monoisotopic (exact) mass is 294 g/mol. The van der Waals surface area contributed by atoms with Crippen molar-refractivity contribution in [3.05, 3.63) is 28.8 Å². The van der Waals surface area contributed by atoms with E-state index in [9.17, 15) is 22.8 Å². The lowest BCUT2D eigenvalue weighted by Crippen LogP contribution is -2.20. The molecule has 0 saturated carbocycles. The summed E-state index contributed by atoms with van der Waals surface area (Å²) in [6.45, 7) is 0. The molecule has 1 aromatic carbocycles. The third-order valence-corrected chi connectivity index (χ3v) is 2.49. The molecule has 0 fully saturated rings. The van der Waals surface area contributed by atoms with Crippen LogP contribution in [0.4, 0.5) is 18.9 Å². The van der Waals surface area contributed by atoms with E-state index >= 15 is 0 Å². The molecule has 19 heavy (non-hydrogen) atoms. The van der Waals surface area contributed by atoms with Gasteiger partial charge >= 0.3 is 6.18 Å². The van der Waals surface area contributed by atoms with Crippen LogP contribution in [0.1, 0.15) is 23.2 Å². The van der Waals surface area contributed by atoms with Crippen molar-refractivity contribution >= 4 is 29.1 Å². The number of nitrogens with two attached hydrogens (primary N) is 1. The minimum Gasteiger partial charge on any atom is -0.366 e. The number of hydrogen-bond donors (Lipinski definition) is 2. The van der Waals surface area contributed by atoms with E-state index < -0.39 is 30.8 Å². The second-order valence-corrected chi connectivity index (χ2v) is 4.10. The van der Waals surface area contributed by atoms with E-state index in [1.807, 2.05) is 0 Å². The molecule has 0 aliphatic carbocycles. The van der Waals surface area contributed by atoms with Crippen LogP contribution in [0.3, 0.4) is 0 Å². The van der Waals surface area contributed by atoms with Crippen molar-refractivity contribution in [3.8, 4) is 0 Å². The zero-order valence-electron chi connectivity index (χ0n) is 9.55. The summed E-state index contributed by atoms with van der Waals surface area (Å²) < 4.78 is 35.9. The van der Waals surface area contributed by atoms with Gasteiger partial charge in [0.05, 0.1) is 22.7 Å². The lowest BCUT2D eigenvalue weighted by atomic mass is 10.1. The fraction of sp³-hybridized carbons (Fsp3) is 0.273. The zero-order valence-corrected chi connectivity index (χ0v) is 10.3. The van der Waals surface area contributed by atoms with Crippen LogP contribution in [0.2, 0.25) is 5.02 Å². The molecular formula is C11H10ClF3N2O2. The molecule has 0 bridgehead atoms. The number of amides is 2. The minimum absolute atomic E-state index is 0.0247. The van der Waals surface area contributed by atoms with E-state index in [2.05, 4.69) is 5.32 Å². The Balaban J connectivity index is 2.82. The first-order chi connectivity index (χ1) is 8.70. The van der Waals surface area contributed by atoms with E-state index in [1.54, 1.807) is 0 Å². The van der Waals surface area contributed by atoms with Crippen LogP contribution < -0.4 is 11.1 Å². The number of hydrogen-bond acceptors (Lipinski definition) is 2. The van der Waals surface area contributed by atoms with Crippen molar-refractivity contribution in [1.82, 2.24) is 0 Å². The first-order valence-electron chi connectivity index (χ1n) is 5.15. The predicted molar refractivity (Wildman–Crippen MR) is 63.9 cm³/mol. The summed E-state index contributed by atoms with van der Waals surface area (Å²) in [5.41, 5.74) is 4.93. The highest BCUT2D eigenvalue weighted by Crippen LogP contribution is 2.27. The van der Waals surface area contributed by atoms with Gasteiger partial charge < -0.3 is 11.1 Å². The number of benzene rings is 1. The van der Waals surface area contributed by atoms with E-state index in [-0.39, 0.29) is 16.3 Å². The van der Waals surface area contributed by atoms with Gasteiger partial charge in [-0.25, -0.2) is 0 Å². The molecule has 0 radical (unpaired) electrons. The number of anilines is 1. The van der Waals surface area contributed by atoms with Crippen LogP contribution in [0.25, 0.3) is 0 Å². The van der Waals surface area contributed by atoms with E-state index in [0.29, 0.717) is 0 Å². The van der Waals surface area contributed by atoms with Gasteiger partial charge in [-0.15, -0.1) is 0 Å². The summed E-state index contributed by atoms with van der Waals surface area (Å²) in [5, 5.41) is 2.19. The number of carbonyl (C=O) groups is 2. The minimum atomic E-state index is -4.43. The zero-order chi connectivity index (χ0) is 14.6. The smallest absolute Gasteiger partial charge is 0.366 e. The third-order valence-electron chi connectivity index (χ3n) is 2.18. The summed E-state index contributed by atoms with van der Waals surface area (Å²) in [4.78, 5) is 22.5. The Kier molecular flexibility index (Phi) is 4.77. The number of para-hydroxylation sites is 1. The Morgan fingerprint density at radius 1 is 1.32 bits per heavy atom. The Labute approximate surface area is 111 Å². The van der Waals surface area contributed by atoms with Crippen molar-refractivity contribution in [1.29, 1.82) is 0 Å². The van der Waals surface area contributed by atoms with Gasteiger partial charge in [-0.1, -0.05) is 17.7 Å². The van der Waals surface area contributed by atoms with Gasteiger partial charge in [0.15, 0.2) is 0 Å². The Morgan fingerprint density at radius 3 is 2.47 bits per heavy atom. The normalized spacial score (nSPS) is 11.2. The fourth-order valence-corrected chi connectivity index (χ4v) is 1.54. The highest BCUT2D eigenvalue weighted by molar-refractivity contribution is 6.34. The Hall–Kier alpha value is -1.76. The average Bonchev–Trinajstić information content (AvgIpc) is 2.28. The van der Waals surface area contributed by atoms with Crippen LogP contribution in [0.5, 0.6) is 0 Å². The second kappa shape index (κ2) is 5.92. The molecule has 0 spiro atoms. The van der Waals surface area contributed by atoms with Crippen molar-refractivity contribution < 1.29 is 22.8 Å². The van der Waals surface area contributed by atoms with Crippen LogP contribution >= 0.6 is 11.6 Å². The molecule has 0 aromatic heterocycles. The highest BCUT2D eigenvalue weighted by atomic mass is 35.5. The highest BCUT2D eigenvalue weighted by Gasteiger charge is 2.28. The molecule has 0 atom stereocenters. The van der Waals surface area contributed by atoms with Crippen molar-refractivity contribution in [2.75, 3.05) is 5.32 Å². The number of nitrogens with one attached hydrogen (secondary N) is 1. The van der Waals surface area contributed by atoms with Crippen LogP contribution in [0, 0.1) is 0 Å². The number of rotatable bonds is 4.